The number of carbonyl (C=O) groups is 11. The lowest BCUT2D eigenvalue weighted by Crippen LogP contribution is -2.60. The summed E-state index contributed by atoms with van der Waals surface area (Å²) in [7, 11) is 9.72. The van der Waals surface area contributed by atoms with Gasteiger partial charge in [-0.05, 0) is 104 Å². The molecule has 4 N–H and O–H groups in total. The van der Waals surface area contributed by atoms with Crippen molar-refractivity contribution in [1.82, 2.24) is 55.6 Å². The number of aryl methyl sites for hydroxylation is 1. The lowest BCUT2D eigenvalue weighted by molar-refractivity contribution is -0.149. The van der Waals surface area contributed by atoms with E-state index in [9.17, 15) is 43.2 Å². The van der Waals surface area contributed by atoms with Crippen molar-refractivity contribution in [3.8, 4) is 0 Å². The zero-order chi connectivity index (χ0) is 68.3. The fourth-order valence-electron chi connectivity index (χ4n) is 10.6. The SMILES string of the molecule is CC[C@H](C)[C@@H]1NC(=O)[C@H](C)N(C)C(=O)C[C@@H](C)NC(=O)[C@H](CC(C)C)N(C)C(=O)[C@H](Cc2ccccc2)N(C)C(=O)[C@H](CC(C)C)NC(=O)[C@H](CCc2cc(Cl)ccc2F)NC(=O)CN(C)C(=O)[C@H](Cc2ccc(Cl)cc2)N(C)C(=O)CN(C)C(=O)CN(C)C1=O. The smallest absolute Gasteiger partial charge is 0.246 e. The molecule has 1 aliphatic rings. The van der Waals surface area contributed by atoms with Crippen molar-refractivity contribution in [2.45, 2.75) is 155 Å². The maximum absolute atomic E-state index is 15.3. The van der Waals surface area contributed by atoms with Gasteiger partial charge < -0.3 is 55.6 Å². The van der Waals surface area contributed by atoms with Gasteiger partial charge in [-0.15, -0.1) is 0 Å². The molecule has 91 heavy (non-hydrogen) atoms. The molecule has 1 heterocycles. The molecule has 3 aromatic carbocycles. The van der Waals surface area contributed by atoms with E-state index in [1.54, 1.807) is 68.4 Å². The van der Waals surface area contributed by atoms with Crippen LogP contribution in [0.5, 0.6) is 0 Å². The minimum Gasteiger partial charge on any atom is -0.351 e. The first kappa shape index (κ1) is 75.8. The highest BCUT2D eigenvalue weighted by Crippen LogP contribution is 2.23. The molecule has 9 atom stereocenters. The number of halogens is 3. The highest BCUT2D eigenvalue weighted by molar-refractivity contribution is 6.30. The number of nitrogens with one attached hydrogen (secondary N) is 4. The van der Waals surface area contributed by atoms with Gasteiger partial charge in [-0.3, -0.25) is 52.7 Å². The number of hydrogen-bond acceptors (Lipinski definition) is 11. The van der Waals surface area contributed by atoms with Crippen LogP contribution >= 0.6 is 23.2 Å². The zero-order valence-electron chi connectivity index (χ0n) is 55.3. The molecule has 0 unspecified atom stereocenters. The summed E-state index contributed by atoms with van der Waals surface area (Å²) in [6, 6.07) is 9.80. The molecule has 1 fully saturated rings. The number of hydrogen-bond donors (Lipinski definition) is 4. The Kier molecular flexibility index (Phi) is 29.3. The second kappa shape index (κ2) is 35.2. The van der Waals surface area contributed by atoms with Gasteiger partial charge in [0, 0.05) is 84.7 Å². The monoisotopic (exact) mass is 1310 g/mol. The van der Waals surface area contributed by atoms with E-state index in [1.165, 1.54) is 83.1 Å². The summed E-state index contributed by atoms with van der Waals surface area (Å²) in [4.78, 5) is 167. The van der Waals surface area contributed by atoms with E-state index in [4.69, 9.17) is 23.2 Å². The summed E-state index contributed by atoms with van der Waals surface area (Å²) in [6.45, 7) is 12.3. The normalized spacial score (nSPS) is 23.6. The van der Waals surface area contributed by atoms with Crippen LogP contribution in [0.1, 0.15) is 104 Å². The topological polar surface area (TPSA) is 259 Å². The Labute approximate surface area is 545 Å². The van der Waals surface area contributed by atoms with Gasteiger partial charge in [-0.2, -0.15) is 0 Å². The van der Waals surface area contributed by atoms with E-state index in [2.05, 4.69) is 21.3 Å². The summed E-state index contributed by atoms with van der Waals surface area (Å²) in [5.41, 5.74) is 1.37. The number of likely N-dealkylation sites (N-methyl/N-ethyl adjacent to an activating group) is 7. The van der Waals surface area contributed by atoms with Crippen LogP contribution in [0.25, 0.3) is 0 Å². The highest BCUT2D eigenvalue weighted by Gasteiger charge is 2.40. The van der Waals surface area contributed by atoms with E-state index in [-0.39, 0.29) is 67.4 Å². The molecule has 22 nitrogen and oxygen atoms in total. The first-order valence-electron chi connectivity index (χ1n) is 30.9. The van der Waals surface area contributed by atoms with Crippen LogP contribution in [0.4, 0.5) is 4.39 Å². The summed E-state index contributed by atoms with van der Waals surface area (Å²) in [6.07, 6.45) is -0.0864. The van der Waals surface area contributed by atoms with Crippen LogP contribution in [0.15, 0.2) is 72.8 Å². The summed E-state index contributed by atoms with van der Waals surface area (Å²) < 4.78 is 15.3. The summed E-state index contributed by atoms with van der Waals surface area (Å²) >= 11 is 12.5. The molecular formula is C66H94Cl2FN11O11. The van der Waals surface area contributed by atoms with Crippen LogP contribution in [0.3, 0.4) is 0 Å². The third-order valence-corrected chi connectivity index (χ3v) is 17.1. The fraction of sp³-hybridized carbons (Fsp3) is 0.561. The number of benzene rings is 3. The van der Waals surface area contributed by atoms with Crippen molar-refractivity contribution in [2.75, 3.05) is 69.0 Å². The number of nitrogens with zero attached hydrogens (tertiary/aromatic N) is 7. The minimum atomic E-state index is -1.47. The Morgan fingerprint density at radius 2 is 1.07 bits per heavy atom. The minimum absolute atomic E-state index is 0.0199. The molecule has 0 aromatic heterocycles. The van der Waals surface area contributed by atoms with Crippen molar-refractivity contribution in [1.29, 1.82) is 0 Å². The zero-order valence-corrected chi connectivity index (χ0v) is 56.8. The average Bonchev–Trinajstić information content (AvgIpc) is 0.959. The highest BCUT2D eigenvalue weighted by atomic mass is 35.5. The Morgan fingerprint density at radius 3 is 1.66 bits per heavy atom. The van der Waals surface area contributed by atoms with E-state index in [0.29, 0.717) is 22.6 Å². The van der Waals surface area contributed by atoms with Crippen LogP contribution in [-0.4, -0.2) is 217 Å². The number of rotatable bonds is 13. The van der Waals surface area contributed by atoms with Crippen molar-refractivity contribution in [3.05, 3.63) is 105 Å². The molecule has 4 rings (SSSR count). The van der Waals surface area contributed by atoms with Gasteiger partial charge in [0.05, 0.1) is 19.6 Å². The standard InChI is InChI=1S/C66H94Cl2FN11O11/c1-16-41(6)59-66(91)76(11)37-57(83)74(9)38-58(84)78(13)53(34-45-22-25-47(67)26-23-45)64(89)75(10)36-55(81)71-50(29-24-46-35-48(68)27-28-49(46)69)61(86)72-51(30-39(2)3)63(88)80(15)54(33-44-20-18-17-19-21-44)65(90)79(14)52(31-40(4)5)62(87)70-42(7)32-56(82)77(12)43(8)60(85)73-59/h17-23,25-28,35,39-43,50-54,59H,16,24,29-34,36-38H2,1-15H3,(H,70,87)(H,71,81)(H,72,86)(H,73,85)/t41-,42+,43-,50-,51-,52-,53-,54-,59-/m0/s1. The van der Waals surface area contributed by atoms with Gasteiger partial charge in [0.25, 0.3) is 0 Å². The Balaban J connectivity index is 1.85. The van der Waals surface area contributed by atoms with Gasteiger partial charge in [0.2, 0.25) is 65.0 Å². The molecule has 1 aliphatic heterocycles. The maximum atomic E-state index is 15.3. The van der Waals surface area contributed by atoms with Gasteiger partial charge >= 0.3 is 0 Å². The second-order valence-electron chi connectivity index (χ2n) is 25.0. The lowest BCUT2D eigenvalue weighted by atomic mass is 9.97. The molecule has 0 spiro atoms. The maximum Gasteiger partial charge on any atom is 0.246 e. The van der Waals surface area contributed by atoms with Gasteiger partial charge in [0.15, 0.2) is 0 Å². The molecule has 500 valence electrons. The van der Waals surface area contributed by atoms with Crippen LogP contribution in [-0.2, 0) is 72.0 Å². The molecule has 3 aromatic rings. The Hall–Kier alpha value is -7.66. The molecule has 0 saturated carbocycles. The van der Waals surface area contributed by atoms with Crippen molar-refractivity contribution < 1.29 is 57.1 Å². The third-order valence-electron chi connectivity index (χ3n) is 16.7. The van der Waals surface area contributed by atoms with E-state index in [0.717, 1.165) is 25.7 Å². The van der Waals surface area contributed by atoms with E-state index >= 15 is 14.0 Å². The molecule has 11 amide bonds. The molecular weight excluding hydrogens is 1210 g/mol. The molecule has 0 aliphatic carbocycles. The predicted octanol–water partition coefficient (Wildman–Crippen LogP) is 4.75. The fourth-order valence-corrected chi connectivity index (χ4v) is 10.9. The van der Waals surface area contributed by atoms with Crippen LogP contribution < -0.4 is 21.3 Å². The first-order valence-corrected chi connectivity index (χ1v) is 31.6. The van der Waals surface area contributed by atoms with Crippen molar-refractivity contribution >= 4 is 88.2 Å². The largest absolute Gasteiger partial charge is 0.351 e. The third kappa shape index (κ3) is 22.3. The number of carbonyl (C=O) groups excluding carboxylic acids is 11. The predicted molar refractivity (Wildman–Crippen MR) is 346 cm³/mol. The first-order chi connectivity index (χ1) is 42.6. The quantitative estimate of drug-likeness (QED) is 0.182. The molecule has 1 saturated heterocycles. The number of amides is 11. The Bertz CT molecular complexity index is 3050. The Morgan fingerprint density at radius 1 is 0.516 bits per heavy atom. The molecule has 25 heteroatoms. The van der Waals surface area contributed by atoms with Gasteiger partial charge in [0.1, 0.15) is 48.1 Å². The van der Waals surface area contributed by atoms with Crippen molar-refractivity contribution in [3.63, 3.8) is 0 Å². The van der Waals surface area contributed by atoms with Crippen molar-refractivity contribution in [2.24, 2.45) is 17.8 Å². The van der Waals surface area contributed by atoms with E-state index in [1.807, 2.05) is 34.6 Å². The molecule has 0 radical (unpaired) electrons. The summed E-state index contributed by atoms with van der Waals surface area (Å²) in [5.74, 6) is -8.93. The van der Waals surface area contributed by atoms with Crippen LogP contribution in [0.2, 0.25) is 10.0 Å². The summed E-state index contributed by atoms with van der Waals surface area (Å²) in [5, 5.41) is 11.8. The second-order valence-corrected chi connectivity index (χ2v) is 25.9. The average molecular weight is 1310 g/mol. The van der Waals surface area contributed by atoms with Crippen LogP contribution in [0, 0.1) is 23.6 Å². The van der Waals surface area contributed by atoms with E-state index < -0.39 is 145 Å². The lowest BCUT2D eigenvalue weighted by Gasteiger charge is -2.37. The molecule has 0 bridgehead atoms. The van der Waals surface area contributed by atoms with Gasteiger partial charge in [-0.25, -0.2) is 4.39 Å². The van der Waals surface area contributed by atoms with Gasteiger partial charge in [-0.1, -0.05) is 114 Å².